The van der Waals surface area contributed by atoms with Crippen LogP contribution in [0, 0.1) is 18.3 Å². The van der Waals surface area contributed by atoms with Crippen molar-refractivity contribution in [2.24, 2.45) is 0 Å². The van der Waals surface area contributed by atoms with Crippen LogP contribution in [0.2, 0.25) is 0 Å². The van der Waals surface area contributed by atoms with Gasteiger partial charge in [0.05, 0.1) is 18.2 Å². The lowest BCUT2D eigenvalue weighted by Gasteiger charge is -2.20. The molecular weight excluding hydrogens is 286 g/mol. The Hall–Kier alpha value is -2.13. The van der Waals surface area contributed by atoms with E-state index < -0.39 is 5.54 Å². The molecule has 2 heterocycles. The van der Waals surface area contributed by atoms with Crippen molar-refractivity contribution < 1.29 is 9.21 Å². The van der Waals surface area contributed by atoms with Gasteiger partial charge in [-0.2, -0.15) is 16.6 Å². The van der Waals surface area contributed by atoms with Crippen LogP contribution in [0.15, 0.2) is 21.2 Å². The van der Waals surface area contributed by atoms with Gasteiger partial charge in [0.2, 0.25) is 11.8 Å². The van der Waals surface area contributed by atoms with E-state index in [1.165, 1.54) is 0 Å². The number of aryl methyl sites for hydroxylation is 1. The summed E-state index contributed by atoms with van der Waals surface area (Å²) in [5.41, 5.74) is 0.667. The molecule has 6 heteroatoms. The van der Waals surface area contributed by atoms with Crippen molar-refractivity contribution in [3.05, 3.63) is 28.3 Å². The third-order valence-corrected chi connectivity index (χ3v) is 4.04. The zero-order valence-electron chi connectivity index (χ0n) is 12.3. The van der Waals surface area contributed by atoms with E-state index in [1.54, 1.807) is 25.2 Å². The maximum absolute atomic E-state index is 12.1. The van der Waals surface area contributed by atoms with Crippen LogP contribution in [0.25, 0.3) is 11.5 Å². The van der Waals surface area contributed by atoms with E-state index in [1.807, 2.05) is 23.8 Å². The summed E-state index contributed by atoms with van der Waals surface area (Å²) >= 11 is 1.56. The predicted molar refractivity (Wildman–Crippen MR) is 80.7 cm³/mol. The monoisotopic (exact) mass is 303 g/mol. The second-order valence-electron chi connectivity index (χ2n) is 5.06. The number of aromatic nitrogens is 1. The van der Waals surface area contributed by atoms with Crippen molar-refractivity contribution in [3.8, 4) is 17.5 Å². The van der Waals surface area contributed by atoms with E-state index >= 15 is 0 Å². The second kappa shape index (κ2) is 6.10. The first-order valence-electron chi connectivity index (χ1n) is 6.68. The molecule has 110 valence electrons. The van der Waals surface area contributed by atoms with Gasteiger partial charge in [0.1, 0.15) is 11.3 Å². The number of thiophene rings is 1. The number of nitriles is 1. The van der Waals surface area contributed by atoms with Gasteiger partial charge >= 0.3 is 0 Å². The summed E-state index contributed by atoms with van der Waals surface area (Å²) in [4.78, 5) is 16.4. The topological polar surface area (TPSA) is 78.9 Å². The van der Waals surface area contributed by atoms with Gasteiger partial charge in [-0.3, -0.25) is 4.79 Å². The van der Waals surface area contributed by atoms with Gasteiger partial charge in [0, 0.05) is 10.9 Å². The van der Waals surface area contributed by atoms with E-state index in [2.05, 4.69) is 16.4 Å². The largest absolute Gasteiger partial charge is 0.441 e. The number of amides is 1. The molecule has 0 saturated carbocycles. The number of oxazole rings is 1. The molecule has 0 saturated heterocycles. The summed E-state index contributed by atoms with van der Waals surface area (Å²) in [6.07, 6.45) is 0.657. The first-order valence-corrected chi connectivity index (χ1v) is 7.63. The molecule has 0 bridgehead atoms. The summed E-state index contributed by atoms with van der Waals surface area (Å²) in [5, 5.41) is 15.7. The van der Waals surface area contributed by atoms with E-state index in [0.29, 0.717) is 23.8 Å². The van der Waals surface area contributed by atoms with Gasteiger partial charge in [0.15, 0.2) is 0 Å². The maximum Gasteiger partial charge on any atom is 0.227 e. The summed E-state index contributed by atoms with van der Waals surface area (Å²) in [6.45, 7) is 5.35. The fourth-order valence-electron chi connectivity index (χ4n) is 1.80. The quantitative estimate of drug-likeness (QED) is 0.920. The van der Waals surface area contributed by atoms with Crippen LogP contribution in [0.4, 0.5) is 0 Å². The Balaban J connectivity index is 2.10. The minimum atomic E-state index is -0.842. The average molecular weight is 303 g/mol. The van der Waals surface area contributed by atoms with Gasteiger partial charge in [-0.1, -0.05) is 6.92 Å². The van der Waals surface area contributed by atoms with Gasteiger partial charge < -0.3 is 9.73 Å². The lowest BCUT2D eigenvalue weighted by molar-refractivity contribution is -0.121. The van der Waals surface area contributed by atoms with Crippen LogP contribution in [-0.4, -0.2) is 16.4 Å². The molecule has 0 radical (unpaired) electrons. The molecule has 2 aromatic heterocycles. The Kier molecular flexibility index (Phi) is 4.43. The molecule has 0 fully saturated rings. The normalized spacial score (nSPS) is 13.4. The van der Waals surface area contributed by atoms with Crippen LogP contribution in [-0.2, 0) is 11.2 Å². The molecule has 0 spiro atoms. The number of rotatable bonds is 5. The van der Waals surface area contributed by atoms with Crippen LogP contribution >= 0.6 is 11.3 Å². The summed E-state index contributed by atoms with van der Waals surface area (Å²) in [6, 6.07) is 4.03. The smallest absolute Gasteiger partial charge is 0.227 e. The molecule has 0 aromatic carbocycles. The number of hydrogen-bond acceptors (Lipinski definition) is 5. The Morgan fingerprint density at radius 3 is 2.95 bits per heavy atom. The number of nitrogens with one attached hydrogen (secondary N) is 1. The molecule has 1 N–H and O–H groups in total. The van der Waals surface area contributed by atoms with E-state index in [-0.39, 0.29) is 12.3 Å². The minimum absolute atomic E-state index is 0.108. The van der Waals surface area contributed by atoms with Gasteiger partial charge in [0.25, 0.3) is 0 Å². The van der Waals surface area contributed by atoms with Crippen LogP contribution in [0.1, 0.15) is 31.7 Å². The Morgan fingerprint density at radius 1 is 1.62 bits per heavy atom. The van der Waals surface area contributed by atoms with Crippen molar-refractivity contribution in [2.45, 2.75) is 39.2 Å². The maximum atomic E-state index is 12.1. The molecule has 0 aliphatic rings. The van der Waals surface area contributed by atoms with Crippen LogP contribution in [0.5, 0.6) is 0 Å². The standard InChI is InChI=1S/C15H17N3O2S/c1-4-15(3,9-16)18-13(19)7-12-10(2)20-14(17-12)11-5-6-21-8-11/h5-6,8H,4,7H2,1-3H3,(H,18,19)/t15-/m1/s1. The van der Waals surface area contributed by atoms with Crippen molar-refractivity contribution in [1.82, 2.24) is 10.3 Å². The molecule has 0 aliphatic heterocycles. The molecule has 0 unspecified atom stereocenters. The Bertz CT molecular complexity index is 670. The summed E-state index contributed by atoms with van der Waals surface area (Å²) in [5.74, 6) is 0.922. The zero-order chi connectivity index (χ0) is 15.5. The fourth-order valence-corrected chi connectivity index (χ4v) is 2.43. The van der Waals surface area contributed by atoms with E-state index in [0.717, 1.165) is 5.56 Å². The lowest BCUT2D eigenvalue weighted by Crippen LogP contribution is -2.45. The molecule has 5 nitrogen and oxygen atoms in total. The predicted octanol–water partition coefficient (Wildman–Crippen LogP) is 3.06. The average Bonchev–Trinajstić information content (AvgIpc) is 3.09. The Labute approximate surface area is 127 Å². The Morgan fingerprint density at radius 2 is 2.38 bits per heavy atom. The molecule has 21 heavy (non-hydrogen) atoms. The highest BCUT2D eigenvalue weighted by atomic mass is 32.1. The van der Waals surface area contributed by atoms with Crippen molar-refractivity contribution >= 4 is 17.2 Å². The zero-order valence-corrected chi connectivity index (χ0v) is 13.1. The van der Waals surface area contributed by atoms with Gasteiger partial charge in [-0.15, -0.1) is 0 Å². The third kappa shape index (κ3) is 3.50. The molecule has 1 amide bonds. The lowest BCUT2D eigenvalue weighted by atomic mass is 10.0. The van der Waals surface area contributed by atoms with Gasteiger partial charge in [-0.25, -0.2) is 4.98 Å². The molecule has 2 rings (SSSR count). The van der Waals surface area contributed by atoms with Crippen molar-refractivity contribution in [1.29, 1.82) is 5.26 Å². The van der Waals surface area contributed by atoms with E-state index in [9.17, 15) is 4.79 Å². The molecule has 0 aliphatic carbocycles. The van der Waals surface area contributed by atoms with E-state index in [4.69, 9.17) is 9.68 Å². The van der Waals surface area contributed by atoms with Crippen LogP contribution < -0.4 is 5.32 Å². The number of carbonyl (C=O) groups is 1. The van der Waals surface area contributed by atoms with Crippen molar-refractivity contribution in [3.63, 3.8) is 0 Å². The number of nitrogens with zero attached hydrogens (tertiary/aromatic N) is 2. The first kappa shape index (κ1) is 15.3. The summed E-state index contributed by atoms with van der Waals surface area (Å²) in [7, 11) is 0. The first-order chi connectivity index (χ1) is 9.97. The SMILES string of the molecule is CC[C@](C)(C#N)NC(=O)Cc1nc(-c2ccsc2)oc1C. The third-order valence-electron chi connectivity index (χ3n) is 3.36. The fraction of sp³-hybridized carbons (Fsp3) is 0.400. The minimum Gasteiger partial charge on any atom is -0.441 e. The highest BCUT2D eigenvalue weighted by Gasteiger charge is 2.24. The van der Waals surface area contributed by atoms with Crippen LogP contribution in [0.3, 0.4) is 0 Å². The molecule has 1 atom stereocenters. The second-order valence-corrected chi connectivity index (χ2v) is 5.84. The highest BCUT2D eigenvalue weighted by molar-refractivity contribution is 7.08. The molecular formula is C15H17N3O2S. The summed E-state index contributed by atoms with van der Waals surface area (Å²) < 4.78 is 5.59. The highest BCUT2D eigenvalue weighted by Crippen LogP contribution is 2.24. The number of carbonyl (C=O) groups excluding carboxylic acids is 1. The molecule has 2 aromatic rings. The number of hydrogen-bond donors (Lipinski definition) is 1. The van der Waals surface area contributed by atoms with Gasteiger partial charge in [-0.05, 0) is 31.7 Å². The van der Waals surface area contributed by atoms with Crippen molar-refractivity contribution in [2.75, 3.05) is 0 Å².